The molecule has 7 nitrogen and oxygen atoms in total. The average Bonchev–Trinajstić information content (AvgIpc) is 3.34. The van der Waals surface area contributed by atoms with Crippen molar-refractivity contribution in [3.63, 3.8) is 0 Å². The van der Waals surface area contributed by atoms with Gasteiger partial charge in [-0.15, -0.1) is 6.58 Å². The molecule has 0 spiro atoms. The van der Waals surface area contributed by atoms with Crippen LogP contribution in [0.2, 0.25) is 0 Å². The van der Waals surface area contributed by atoms with E-state index in [2.05, 4.69) is 6.58 Å². The van der Waals surface area contributed by atoms with Crippen LogP contribution in [0.3, 0.4) is 0 Å². The van der Waals surface area contributed by atoms with Gasteiger partial charge in [0.2, 0.25) is 18.6 Å². The quantitative estimate of drug-likeness (QED) is 0.606. The van der Waals surface area contributed by atoms with Crippen molar-refractivity contribution in [1.29, 1.82) is 0 Å². The fourth-order valence-electron chi connectivity index (χ4n) is 3.15. The number of hydrogen-bond donors (Lipinski definition) is 0. The highest BCUT2D eigenvalue weighted by molar-refractivity contribution is 5.84. The Balaban J connectivity index is 1.78. The van der Waals surface area contributed by atoms with Gasteiger partial charge in [0.15, 0.2) is 11.5 Å². The molecule has 0 radical (unpaired) electrons. The molecule has 1 aromatic heterocycles. The van der Waals surface area contributed by atoms with Gasteiger partial charge in [0, 0.05) is 19.5 Å². The molecule has 0 fully saturated rings. The Morgan fingerprint density at radius 2 is 1.86 bits per heavy atom. The number of aryl methyl sites for hydroxylation is 1. The summed E-state index contributed by atoms with van der Waals surface area (Å²) in [5.74, 6) is 2.58. The van der Waals surface area contributed by atoms with E-state index in [4.69, 9.17) is 13.9 Å². The lowest BCUT2D eigenvalue weighted by molar-refractivity contribution is -0.140. The average molecular weight is 398 g/mol. The molecule has 0 N–H and O–H groups in total. The number of hydrogen-bond acceptors (Lipinski definition) is 5. The molecular weight excluding hydrogens is 372 g/mol. The van der Waals surface area contributed by atoms with Crippen molar-refractivity contribution in [3.8, 4) is 11.5 Å². The van der Waals surface area contributed by atoms with Gasteiger partial charge < -0.3 is 23.7 Å². The third-order valence-electron chi connectivity index (χ3n) is 4.64. The Hall–Kier alpha value is -3.22. The summed E-state index contributed by atoms with van der Waals surface area (Å²) in [5, 5.41) is 0. The molecule has 1 aromatic carbocycles. The minimum atomic E-state index is -0.166. The first kappa shape index (κ1) is 20.5. The first-order chi connectivity index (χ1) is 14.0. The number of benzene rings is 1. The second-order valence-electron chi connectivity index (χ2n) is 6.87. The first-order valence-electron chi connectivity index (χ1n) is 9.60. The molecule has 1 aliphatic heterocycles. The molecule has 0 saturated heterocycles. The third kappa shape index (κ3) is 5.19. The number of amides is 2. The van der Waals surface area contributed by atoms with E-state index in [1.807, 2.05) is 37.3 Å². The molecule has 0 atom stereocenters. The van der Waals surface area contributed by atoms with Gasteiger partial charge in [0.05, 0.1) is 6.54 Å². The number of nitrogens with zero attached hydrogens (tertiary/aromatic N) is 2. The smallest absolute Gasteiger partial charge is 0.242 e. The number of rotatable bonds is 9. The lowest BCUT2D eigenvalue weighted by atomic mass is 10.2. The summed E-state index contributed by atoms with van der Waals surface area (Å²) in [6.45, 7) is 8.50. The van der Waals surface area contributed by atoms with Crippen molar-refractivity contribution >= 4 is 11.8 Å². The van der Waals surface area contributed by atoms with Gasteiger partial charge in [-0.25, -0.2) is 0 Å². The van der Waals surface area contributed by atoms with E-state index in [1.165, 1.54) is 4.90 Å². The highest BCUT2D eigenvalue weighted by Crippen LogP contribution is 2.33. The highest BCUT2D eigenvalue weighted by Gasteiger charge is 2.22. The number of fused-ring (bicyclic) bond motifs is 1. The zero-order chi connectivity index (χ0) is 20.8. The van der Waals surface area contributed by atoms with Gasteiger partial charge in [-0.2, -0.15) is 0 Å². The van der Waals surface area contributed by atoms with E-state index < -0.39 is 0 Å². The summed E-state index contributed by atoms with van der Waals surface area (Å²) in [4.78, 5) is 28.4. The summed E-state index contributed by atoms with van der Waals surface area (Å²) >= 11 is 0. The van der Waals surface area contributed by atoms with E-state index >= 15 is 0 Å². The number of carbonyl (C=O) groups is 2. The zero-order valence-electron chi connectivity index (χ0n) is 16.8. The van der Waals surface area contributed by atoms with E-state index in [1.54, 1.807) is 17.9 Å². The number of ether oxygens (including phenoxy) is 2. The maximum Gasteiger partial charge on any atom is 0.242 e. The first-order valence-corrected chi connectivity index (χ1v) is 9.60. The largest absolute Gasteiger partial charge is 0.464 e. The standard InChI is InChI=1S/C22H26N2O5/c1-4-10-23(21(25)5-2)14-22(26)24(13-18-8-6-16(3)29-18)12-17-7-9-19-20(11-17)28-15-27-19/h4,6-9,11H,1,5,10,12-15H2,2-3H3. The molecule has 2 heterocycles. The molecule has 0 saturated carbocycles. The van der Waals surface area contributed by atoms with Crippen LogP contribution in [0.1, 0.15) is 30.4 Å². The van der Waals surface area contributed by atoms with Gasteiger partial charge in [-0.1, -0.05) is 19.1 Å². The normalized spacial score (nSPS) is 11.9. The maximum atomic E-state index is 13.1. The van der Waals surface area contributed by atoms with Crippen LogP contribution < -0.4 is 9.47 Å². The molecule has 0 unspecified atom stereocenters. The fraction of sp³-hybridized carbons (Fsp3) is 0.364. The van der Waals surface area contributed by atoms with Gasteiger partial charge >= 0.3 is 0 Å². The van der Waals surface area contributed by atoms with E-state index in [9.17, 15) is 9.59 Å². The molecule has 2 amide bonds. The Kier molecular flexibility index (Phi) is 6.59. The third-order valence-corrected chi connectivity index (χ3v) is 4.64. The second-order valence-corrected chi connectivity index (χ2v) is 6.87. The highest BCUT2D eigenvalue weighted by atomic mass is 16.7. The predicted molar refractivity (Wildman–Crippen MR) is 107 cm³/mol. The summed E-state index contributed by atoms with van der Waals surface area (Å²) < 4.78 is 16.5. The van der Waals surface area contributed by atoms with Crippen LogP contribution in [0.15, 0.2) is 47.4 Å². The van der Waals surface area contributed by atoms with Gasteiger partial charge in [-0.3, -0.25) is 9.59 Å². The van der Waals surface area contributed by atoms with Gasteiger partial charge in [-0.05, 0) is 36.8 Å². The summed E-state index contributed by atoms with van der Waals surface area (Å²) in [6, 6.07) is 9.33. The monoisotopic (exact) mass is 398 g/mol. The molecule has 2 aromatic rings. The molecule has 3 rings (SSSR count). The summed E-state index contributed by atoms with van der Waals surface area (Å²) in [7, 11) is 0. The Morgan fingerprint density at radius 1 is 1.07 bits per heavy atom. The molecule has 7 heteroatoms. The van der Waals surface area contributed by atoms with Crippen molar-refractivity contribution in [2.45, 2.75) is 33.4 Å². The minimum Gasteiger partial charge on any atom is -0.464 e. The van der Waals surface area contributed by atoms with E-state index in [0.717, 1.165) is 11.3 Å². The minimum absolute atomic E-state index is 0.0110. The van der Waals surface area contributed by atoms with E-state index in [0.29, 0.717) is 43.3 Å². The van der Waals surface area contributed by atoms with Crippen LogP contribution in [0, 0.1) is 6.92 Å². The lowest BCUT2D eigenvalue weighted by Crippen LogP contribution is -2.42. The summed E-state index contributed by atoms with van der Waals surface area (Å²) in [5.41, 5.74) is 0.906. The van der Waals surface area contributed by atoms with Crippen LogP contribution in [0.25, 0.3) is 0 Å². The molecule has 0 aliphatic carbocycles. The van der Waals surface area contributed by atoms with Crippen molar-refractivity contribution in [3.05, 3.63) is 60.1 Å². The van der Waals surface area contributed by atoms with Crippen molar-refractivity contribution < 1.29 is 23.5 Å². The predicted octanol–water partition coefficient (Wildman–Crippen LogP) is 3.27. The molecule has 0 bridgehead atoms. The Bertz CT molecular complexity index is 889. The van der Waals surface area contributed by atoms with Gasteiger partial charge in [0.25, 0.3) is 0 Å². The second kappa shape index (κ2) is 9.32. The van der Waals surface area contributed by atoms with Crippen LogP contribution in [0.4, 0.5) is 0 Å². The number of furan rings is 1. The number of carbonyl (C=O) groups excluding carboxylic acids is 2. The topological polar surface area (TPSA) is 72.2 Å². The van der Waals surface area contributed by atoms with Crippen molar-refractivity contribution in [1.82, 2.24) is 9.80 Å². The Labute approximate surface area is 170 Å². The fourth-order valence-corrected chi connectivity index (χ4v) is 3.15. The SMILES string of the molecule is C=CCN(CC(=O)N(Cc1ccc2c(c1)OCO2)Cc1ccc(C)o1)C(=O)CC. The van der Waals surface area contributed by atoms with Crippen LogP contribution in [-0.4, -0.2) is 41.5 Å². The van der Waals surface area contributed by atoms with E-state index in [-0.39, 0.29) is 25.2 Å². The van der Waals surface area contributed by atoms with Crippen LogP contribution in [0.5, 0.6) is 11.5 Å². The molecular formula is C22H26N2O5. The van der Waals surface area contributed by atoms with Gasteiger partial charge in [0.1, 0.15) is 18.1 Å². The zero-order valence-corrected chi connectivity index (χ0v) is 16.8. The molecule has 1 aliphatic rings. The van der Waals surface area contributed by atoms with Crippen molar-refractivity contribution in [2.75, 3.05) is 19.9 Å². The molecule has 29 heavy (non-hydrogen) atoms. The van der Waals surface area contributed by atoms with Crippen LogP contribution in [-0.2, 0) is 22.7 Å². The maximum absolute atomic E-state index is 13.1. The summed E-state index contributed by atoms with van der Waals surface area (Å²) in [6.07, 6.45) is 1.96. The van der Waals surface area contributed by atoms with Crippen LogP contribution >= 0.6 is 0 Å². The molecule has 154 valence electrons. The Morgan fingerprint density at radius 3 is 2.55 bits per heavy atom. The van der Waals surface area contributed by atoms with Crippen molar-refractivity contribution in [2.24, 2.45) is 0 Å². The lowest BCUT2D eigenvalue weighted by Gasteiger charge is -2.26.